The molecule has 2 aromatic rings. The molecule has 2 unspecified atom stereocenters. The zero-order chi connectivity index (χ0) is 18.4. The van der Waals surface area contributed by atoms with Crippen LogP contribution >= 0.6 is 0 Å². The largest absolute Gasteiger partial charge is 0.372 e. The van der Waals surface area contributed by atoms with Crippen LogP contribution in [0.2, 0.25) is 0 Å². The molecule has 0 aromatic heterocycles. The van der Waals surface area contributed by atoms with Gasteiger partial charge in [-0.2, -0.15) is 0 Å². The second-order valence-electron chi connectivity index (χ2n) is 6.54. The van der Waals surface area contributed by atoms with E-state index < -0.39 is 0 Å². The number of anilines is 1. The third-order valence-corrected chi connectivity index (χ3v) is 4.71. The van der Waals surface area contributed by atoms with Crippen molar-refractivity contribution >= 4 is 11.6 Å². The highest BCUT2D eigenvalue weighted by atomic mass is 19.1. The van der Waals surface area contributed by atoms with Gasteiger partial charge in [0, 0.05) is 26.7 Å². The molecule has 26 heavy (non-hydrogen) atoms. The molecule has 0 radical (unpaired) electrons. The summed E-state index contributed by atoms with van der Waals surface area (Å²) in [6, 6.07) is 16.6. The number of para-hydroxylation sites is 1. The summed E-state index contributed by atoms with van der Waals surface area (Å²) in [5, 5.41) is 3.01. The number of benzene rings is 2. The number of carbonyl (C=O) groups is 1. The molecule has 0 aliphatic carbocycles. The van der Waals surface area contributed by atoms with Crippen LogP contribution in [-0.2, 0) is 4.79 Å². The molecule has 6 heteroatoms. The van der Waals surface area contributed by atoms with Gasteiger partial charge in [-0.3, -0.25) is 10.2 Å². The predicted molar refractivity (Wildman–Crippen MR) is 101 cm³/mol. The Morgan fingerprint density at radius 1 is 1.19 bits per heavy atom. The smallest absolute Gasteiger partial charge is 0.226 e. The van der Waals surface area contributed by atoms with Crippen LogP contribution in [0.5, 0.6) is 0 Å². The minimum atomic E-state index is -0.229. The number of hydrogen-bond acceptors (Lipinski definition) is 4. The van der Waals surface area contributed by atoms with Crippen molar-refractivity contribution < 1.29 is 9.18 Å². The van der Waals surface area contributed by atoms with Gasteiger partial charge in [0.25, 0.3) is 0 Å². The number of nitrogens with zero attached hydrogens (tertiary/aromatic N) is 1. The van der Waals surface area contributed by atoms with E-state index in [1.54, 1.807) is 12.1 Å². The Morgan fingerprint density at radius 2 is 1.92 bits per heavy atom. The molecule has 138 valence electrons. The first-order valence-electron chi connectivity index (χ1n) is 8.93. The highest BCUT2D eigenvalue weighted by Crippen LogP contribution is 2.24. The topological polar surface area (TPSA) is 56.4 Å². The molecule has 5 nitrogen and oxygen atoms in total. The van der Waals surface area contributed by atoms with Crippen molar-refractivity contribution in [3.63, 3.8) is 0 Å². The standard InChI is InChI=1S/C20H25FN4O/c1-25(18-11-6-5-10-17(18)21)13-7-12-22-20(26)16-14-23-24-19(16)15-8-3-2-4-9-15/h2-6,8-11,16,19,23-24H,7,12-14H2,1H3,(H,22,26). The fraction of sp³-hybridized carbons (Fsp3) is 0.350. The maximum absolute atomic E-state index is 13.8. The molecule has 2 atom stereocenters. The molecule has 3 rings (SSSR count). The van der Waals surface area contributed by atoms with E-state index in [1.807, 2.05) is 48.3 Å². The van der Waals surface area contributed by atoms with Gasteiger partial charge in [0.1, 0.15) is 5.82 Å². The maximum Gasteiger partial charge on any atom is 0.226 e. The van der Waals surface area contributed by atoms with Gasteiger partial charge >= 0.3 is 0 Å². The number of nitrogens with one attached hydrogen (secondary N) is 3. The highest BCUT2D eigenvalue weighted by Gasteiger charge is 2.33. The summed E-state index contributed by atoms with van der Waals surface area (Å²) in [5.41, 5.74) is 7.93. The van der Waals surface area contributed by atoms with Crippen LogP contribution in [0.25, 0.3) is 0 Å². The molecule has 0 saturated carbocycles. The zero-order valence-electron chi connectivity index (χ0n) is 14.9. The summed E-state index contributed by atoms with van der Waals surface area (Å²) < 4.78 is 13.8. The van der Waals surface area contributed by atoms with Crippen LogP contribution in [0, 0.1) is 11.7 Å². The lowest BCUT2D eigenvalue weighted by atomic mass is 9.94. The molecule has 1 fully saturated rings. The van der Waals surface area contributed by atoms with Gasteiger partial charge in [0.2, 0.25) is 5.91 Å². The summed E-state index contributed by atoms with van der Waals surface area (Å²) in [6.07, 6.45) is 0.750. The minimum absolute atomic E-state index is 0.0303. The maximum atomic E-state index is 13.8. The SMILES string of the molecule is CN(CCCNC(=O)C1CNNC1c1ccccc1)c1ccccc1F. The van der Waals surface area contributed by atoms with Gasteiger partial charge in [-0.1, -0.05) is 42.5 Å². The predicted octanol–water partition coefficient (Wildman–Crippen LogP) is 2.23. The number of hydrogen-bond donors (Lipinski definition) is 3. The summed E-state index contributed by atoms with van der Waals surface area (Å²) in [6.45, 7) is 1.83. The Morgan fingerprint density at radius 3 is 2.69 bits per heavy atom. The Kier molecular flexibility index (Phi) is 6.20. The number of rotatable bonds is 7. The van der Waals surface area contributed by atoms with Gasteiger partial charge < -0.3 is 10.2 Å². The van der Waals surface area contributed by atoms with E-state index in [0.717, 1.165) is 12.0 Å². The molecule has 2 aromatic carbocycles. The second-order valence-corrected chi connectivity index (χ2v) is 6.54. The highest BCUT2D eigenvalue weighted by molar-refractivity contribution is 5.80. The lowest BCUT2D eigenvalue weighted by molar-refractivity contribution is -0.124. The summed E-state index contributed by atoms with van der Waals surface area (Å²) in [4.78, 5) is 14.4. The minimum Gasteiger partial charge on any atom is -0.372 e. The van der Waals surface area contributed by atoms with Gasteiger partial charge in [0.15, 0.2) is 0 Å². The average Bonchev–Trinajstić information content (AvgIpc) is 3.16. The van der Waals surface area contributed by atoms with E-state index >= 15 is 0 Å². The third kappa shape index (κ3) is 4.39. The summed E-state index contributed by atoms with van der Waals surface area (Å²) in [5.74, 6) is -0.348. The molecule has 1 aliphatic heterocycles. The molecule has 1 heterocycles. The van der Waals surface area contributed by atoms with Crippen molar-refractivity contribution in [3.05, 3.63) is 66.0 Å². The van der Waals surface area contributed by atoms with Crippen LogP contribution in [0.1, 0.15) is 18.0 Å². The van der Waals surface area contributed by atoms with E-state index in [9.17, 15) is 9.18 Å². The fourth-order valence-corrected chi connectivity index (χ4v) is 3.26. The van der Waals surface area contributed by atoms with Crippen molar-refractivity contribution in [2.24, 2.45) is 5.92 Å². The summed E-state index contributed by atoms with van der Waals surface area (Å²) in [7, 11) is 1.86. The van der Waals surface area contributed by atoms with Gasteiger partial charge in [-0.15, -0.1) is 0 Å². The van der Waals surface area contributed by atoms with Gasteiger partial charge in [0.05, 0.1) is 17.6 Å². The molecule has 0 bridgehead atoms. The molecule has 3 N–H and O–H groups in total. The Bertz CT molecular complexity index is 725. The van der Waals surface area contributed by atoms with Gasteiger partial charge in [-0.25, -0.2) is 9.82 Å². The molecule has 0 spiro atoms. The van der Waals surface area contributed by atoms with Crippen molar-refractivity contribution in [2.45, 2.75) is 12.5 Å². The van der Waals surface area contributed by atoms with Crippen LogP contribution in [-0.4, -0.2) is 32.6 Å². The van der Waals surface area contributed by atoms with Gasteiger partial charge in [-0.05, 0) is 24.1 Å². The molecule has 1 aliphatic rings. The number of halogens is 1. The third-order valence-electron chi connectivity index (χ3n) is 4.71. The van der Waals surface area contributed by atoms with Crippen molar-refractivity contribution in [1.82, 2.24) is 16.2 Å². The lowest BCUT2D eigenvalue weighted by Gasteiger charge is -2.21. The zero-order valence-corrected chi connectivity index (χ0v) is 14.9. The van der Waals surface area contributed by atoms with Crippen molar-refractivity contribution in [2.75, 3.05) is 31.6 Å². The van der Waals surface area contributed by atoms with Crippen molar-refractivity contribution in [1.29, 1.82) is 0 Å². The van der Waals surface area contributed by atoms with E-state index in [1.165, 1.54) is 6.07 Å². The first-order chi connectivity index (χ1) is 12.7. The number of amides is 1. The van der Waals surface area contributed by atoms with E-state index in [2.05, 4.69) is 16.2 Å². The van der Waals surface area contributed by atoms with E-state index in [4.69, 9.17) is 0 Å². The first-order valence-corrected chi connectivity index (χ1v) is 8.93. The van der Waals surface area contributed by atoms with Crippen molar-refractivity contribution in [3.8, 4) is 0 Å². The van der Waals surface area contributed by atoms with Crippen LogP contribution in [0.15, 0.2) is 54.6 Å². The van der Waals surface area contributed by atoms with E-state index in [0.29, 0.717) is 25.3 Å². The fourth-order valence-electron chi connectivity index (χ4n) is 3.26. The second kappa shape index (κ2) is 8.78. The average molecular weight is 356 g/mol. The van der Waals surface area contributed by atoms with Crippen LogP contribution in [0.3, 0.4) is 0 Å². The lowest BCUT2D eigenvalue weighted by Crippen LogP contribution is -2.36. The number of carbonyl (C=O) groups excluding carboxylic acids is 1. The molecule has 1 amide bonds. The van der Waals surface area contributed by atoms with Crippen LogP contribution < -0.4 is 21.1 Å². The molecule has 1 saturated heterocycles. The Labute approximate surface area is 153 Å². The normalized spacial score (nSPS) is 19.3. The first kappa shape index (κ1) is 18.4. The number of hydrazine groups is 1. The Hall–Kier alpha value is -2.44. The molecular weight excluding hydrogens is 331 g/mol. The summed E-state index contributed by atoms with van der Waals surface area (Å²) >= 11 is 0. The van der Waals surface area contributed by atoms with Crippen LogP contribution in [0.4, 0.5) is 10.1 Å². The Balaban J connectivity index is 1.46. The monoisotopic (exact) mass is 356 g/mol. The quantitative estimate of drug-likeness (QED) is 0.666. The molecular formula is C20H25FN4O. The van der Waals surface area contributed by atoms with E-state index in [-0.39, 0.29) is 23.7 Å².